The van der Waals surface area contributed by atoms with Gasteiger partial charge in [0.15, 0.2) is 0 Å². The molecule has 0 saturated heterocycles. The molecule has 1 unspecified atom stereocenters. The topological polar surface area (TPSA) is 55.8 Å². The summed E-state index contributed by atoms with van der Waals surface area (Å²) in [6, 6.07) is 5.84. The van der Waals surface area contributed by atoms with Crippen LogP contribution in [0.3, 0.4) is 0 Å². The first-order valence-electron chi connectivity index (χ1n) is 11.4. The summed E-state index contributed by atoms with van der Waals surface area (Å²) >= 11 is 6.54. The number of allylic oxidation sites excluding steroid dienone is 1. The van der Waals surface area contributed by atoms with Gasteiger partial charge in [0, 0.05) is 31.5 Å². The molecule has 0 N–H and O–H groups in total. The minimum atomic E-state index is -0.224. The third kappa shape index (κ3) is 7.54. The van der Waals surface area contributed by atoms with Gasteiger partial charge in [0.05, 0.1) is 18.2 Å². The van der Waals surface area contributed by atoms with Crippen LogP contribution in [0.2, 0.25) is 5.02 Å². The Hall–Kier alpha value is -2.01. The first kappa shape index (κ1) is 26.2. The summed E-state index contributed by atoms with van der Waals surface area (Å²) in [4.78, 5) is 26.3. The molecule has 1 atom stereocenters. The average molecular weight is 464 g/mol. The Morgan fingerprint density at radius 1 is 1.19 bits per heavy atom. The number of rotatable bonds is 8. The maximum absolute atomic E-state index is 12.9. The number of amides is 1. The molecule has 32 heavy (non-hydrogen) atoms. The first-order valence-corrected chi connectivity index (χ1v) is 11.8. The van der Waals surface area contributed by atoms with Crippen molar-refractivity contribution in [2.75, 3.05) is 19.8 Å². The fourth-order valence-electron chi connectivity index (χ4n) is 3.71. The molecule has 0 fully saturated rings. The lowest BCUT2D eigenvalue weighted by molar-refractivity contribution is -0.143. The van der Waals surface area contributed by atoms with Gasteiger partial charge in [0.2, 0.25) is 5.91 Å². The van der Waals surface area contributed by atoms with Crippen LogP contribution < -0.4 is 4.74 Å². The minimum absolute atomic E-state index is 0.0384. The van der Waals surface area contributed by atoms with Crippen molar-refractivity contribution in [3.63, 3.8) is 0 Å². The summed E-state index contributed by atoms with van der Waals surface area (Å²) in [7, 11) is 0. The zero-order chi connectivity index (χ0) is 24.1. The molecule has 5 nitrogen and oxygen atoms in total. The van der Waals surface area contributed by atoms with Gasteiger partial charge in [-0.15, -0.1) is 0 Å². The zero-order valence-corrected chi connectivity index (χ0v) is 21.3. The molecule has 1 aromatic carbocycles. The van der Waals surface area contributed by atoms with Crippen LogP contribution in [0.4, 0.5) is 0 Å². The minimum Gasteiger partial charge on any atom is -0.491 e. The molecule has 1 aliphatic rings. The van der Waals surface area contributed by atoms with Gasteiger partial charge < -0.3 is 14.4 Å². The molecule has 1 heterocycles. The summed E-state index contributed by atoms with van der Waals surface area (Å²) in [5.74, 6) is 0.446. The van der Waals surface area contributed by atoms with E-state index in [1.165, 1.54) is 5.57 Å². The molecule has 0 radical (unpaired) electrons. The van der Waals surface area contributed by atoms with Crippen molar-refractivity contribution in [1.82, 2.24) is 4.90 Å². The first-order chi connectivity index (χ1) is 14.8. The Kier molecular flexibility index (Phi) is 8.81. The lowest BCUT2D eigenvalue weighted by Gasteiger charge is -2.37. The Bertz CT molecular complexity index is 848. The maximum atomic E-state index is 12.9. The SMILES string of the molecule is CCOC(=O)CCCN1C=C(C(C)(C)C)C(c2ccc(OCC(C)(C)C)c(Cl)c2)CC1=O. The van der Waals surface area contributed by atoms with E-state index in [0.29, 0.717) is 49.8 Å². The summed E-state index contributed by atoms with van der Waals surface area (Å²) in [5, 5.41) is 0.560. The molecular weight excluding hydrogens is 426 g/mol. The van der Waals surface area contributed by atoms with E-state index in [-0.39, 0.29) is 28.6 Å². The van der Waals surface area contributed by atoms with Crippen molar-refractivity contribution < 1.29 is 19.1 Å². The predicted molar refractivity (Wildman–Crippen MR) is 129 cm³/mol. The molecule has 6 heteroatoms. The Balaban J connectivity index is 2.21. The van der Waals surface area contributed by atoms with Gasteiger partial charge in [-0.3, -0.25) is 9.59 Å². The van der Waals surface area contributed by atoms with E-state index in [1.54, 1.807) is 11.8 Å². The van der Waals surface area contributed by atoms with E-state index in [1.807, 2.05) is 24.4 Å². The van der Waals surface area contributed by atoms with E-state index >= 15 is 0 Å². The highest BCUT2D eigenvalue weighted by molar-refractivity contribution is 6.32. The number of hydrogen-bond donors (Lipinski definition) is 0. The number of benzene rings is 1. The largest absolute Gasteiger partial charge is 0.491 e. The number of hydrogen-bond acceptors (Lipinski definition) is 4. The summed E-state index contributed by atoms with van der Waals surface area (Å²) in [6.07, 6.45) is 3.24. The molecule has 0 bridgehead atoms. The highest BCUT2D eigenvalue weighted by Gasteiger charge is 2.34. The van der Waals surface area contributed by atoms with E-state index in [9.17, 15) is 9.59 Å². The Morgan fingerprint density at radius 3 is 2.44 bits per heavy atom. The second kappa shape index (κ2) is 10.7. The fraction of sp³-hybridized carbons (Fsp3) is 0.615. The second-order valence-corrected chi connectivity index (χ2v) is 11.0. The van der Waals surface area contributed by atoms with E-state index in [4.69, 9.17) is 21.1 Å². The number of ether oxygens (including phenoxy) is 2. The van der Waals surface area contributed by atoms with Gasteiger partial charge in [-0.25, -0.2) is 0 Å². The molecule has 0 spiro atoms. The van der Waals surface area contributed by atoms with Crippen LogP contribution >= 0.6 is 11.6 Å². The van der Waals surface area contributed by atoms with Gasteiger partial charge in [-0.1, -0.05) is 59.2 Å². The lowest BCUT2D eigenvalue weighted by atomic mass is 9.73. The standard InChI is InChI=1S/C26H38ClNO4/c1-8-31-24(30)10-9-13-28-16-20(26(5,6)7)19(15-23(28)29)18-11-12-22(21(27)14-18)32-17-25(2,3)4/h11-12,14,16,19H,8-10,13,15,17H2,1-7H3. The maximum Gasteiger partial charge on any atom is 0.305 e. The quantitative estimate of drug-likeness (QED) is 0.421. The van der Waals surface area contributed by atoms with Gasteiger partial charge >= 0.3 is 5.97 Å². The number of carbonyl (C=O) groups excluding carboxylic acids is 2. The van der Waals surface area contributed by atoms with Gasteiger partial charge in [-0.2, -0.15) is 0 Å². The van der Waals surface area contributed by atoms with Gasteiger partial charge in [0.1, 0.15) is 5.75 Å². The average Bonchev–Trinajstić information content (AvgIpc) is 2.66. The van der Waals surface area contributed by atoms with Crippen molar-refractivity contribution in [3.8, 4) is 5.75 Å². The van der Waals surface area contributed by atoms with Crippen LogP contribution in [-0.2, 0) is 14.3 Å². The number of esters is 1. The van der Waals surface area contributed by atoms with Crippen LogP contribution in [0.15, 0.2) is 30.0 Å². The normalized spacial score (nSPS) is 17.2. The summed E-state index contributed by atoms with van der Waals surface area (Å²) < 4.78 is 10.9. The van der Waals surface area contributed by atoms with Crippen LogP contribution in [0, 0.1) is 10.8 Å². The van der Waals surface area contributed by atoms with Gasteiger partial charge in [-0.05, 0) is 47.4 Å². The van der Waals surface area contributed by atoms with Crippen molar-refractivity contribution >= 4 is 23.5 Å². The third-order valence-corrected chi connectivity index (χ3v) is 5.64. The van der Waals surface area contributed by atoms with Crippen molar-refractivity contribution in [2.24, 2.45) is 10.8 Å². The van der Waals surface area contributed by atoms with E-state index in [0.717, 1.165) is 5.56 Å². The van der Waals surface area contributed by atoms with Crippen LogP contribution in [0.1, 0.15) is 79.2 Å². The Labute approximate surface area is 198 Å². The smallest absolute Gasteiger partial charge is 0.305 e. The van der Waals surface area contributed by atoms with Crippen molar-refractivity contribution in [1.29, 1.82) is 0 Å². The van der Waals surface area contributed by atoms with Crippen LogP contribution in [0.25, 0.3) is 0 Å². The molecule has 0 aliphatic carbocycles. The fourth-order valence-corrected chi connectivity index (χ4v) is 3.95. The molecule has 2 rings (SSSR count). The molecule has 0 aromatic heterocycles. The van der Waals surface area contributed by atoms with Crippen LogP contribution in [-0.4, -0.2) is 36.5 Å². The summed E-state index contributed by atoms with van der Waals surface area (Å²) in [5.41, 5.74) is 2.10. The van der Waals surface area contributed by atoms with E-state index in [2.05, 4.69) is 41.5 Å². The highest BCUT2D eigenvalue weighted by atomic mass is 35.5. The zero-order valence-electron chi connectivity index (χ0n) is 20.6. The number of carbonyl (C=O) groups is 2. The van der Waals surface area contributed by atoms with Crippen molar-refractivity contribution in [3.05, 3.63) is 40.6 Å². The molecular formula is C26H38ClNO4. The lowest BCUT2D eigenvalue weighted by Crippen LogP contribution is -2.36. The number of halogens is 1. The summed E-state index contributed by atoms with van der Waals surface area (Å²) in [6.45, 7) is 16.0. The molecule has 178 valence electrons. The second-order valence-electron chi connectivity index (χ2n) is 10.6. The van der Waals surface area contributed by atoms with Crippen LogP contribution in [0.5, 0.6) is 5.75 Å². The third-order valence-electron chi connectivity index (χ3n) is 5.34. The highest BCUT2D eigenvalue weighted by Crippen LogP contribution is 2.44. The molecule has 1 aliphatic heterocycles. The molecule has 1 amide bonds. The predicted octanol–water partition coefficient (Wildman–Crippen LogP) is 6.35. The molecule has 1 aromatic rings. The van der Waals surface area contributed by atoms with Gasteiger partial charge in [0.25, 0.3) is 0 Å². The monoisotopic (exact) mass is 463 g/mol. The Morgan fingerprint density at radius 2 is 1.88 bits per heavy atom. The molecule has 0 saturated carbocycles. The van der Waals surface area contributed by atoms with Crippen molar-refractivity contribution in [2.45, 2.75) is 73.6 Å². The number of nitrogens with zero attached hydrogens (tertiary/aromatic N) is 1. The van der Waals surface area contributed by atoms with E-state index < -0.39 is 0 Å².